The lowest BCUT2D eigenvalue weighted by Crippen LogP contribution is -2.26. The highest BCUT2D eigenvalue weighted by Gasteiger charge is 2.17. The first-order valence-electron chi connectivity index (χ1n) is 4.61. The fraction of sp³-hybridized carbons (Fsp3) is 0.667. The molecule has 1 saturated heterocycles. The molecule has 0 amide bonds. The third-order valence-corrected chi connectivity index (χ3v) is 3.39. The van der Waals surface area contributed by atoms with Crippen LogP contribution >= 0.6 is 11.5 Å². The minimum Gasteiger partial charge on any atom is -0.480 e. The third-order valence-electron chi connectivity index (χ3n) is 2.46. The zero-order chi connectivity index (χ0) is 9.10. The van der Waals surface area contributed by atoms with E-state index < -0.39 is 0 Å². The molecule has 1 fully saturated rings. The summed E-state index contributed by atoms with van der Waals surface area (Å²) in [6, 6.07) is 2.07. The number of hydrogen-bond donors (Lipinski definition) is 1. The van der Waals surface area contributed by atoms with Crippen molar-refractivity contribution in [3.63, 3.8) is 0 Å². The van der Waals surface area contributed by atoms with Gasteiger partial charge in [-0.1, -0.05) is 0 Å². The lowest BCUT2D eigenvalue weighted by molar-refractivity contribution is 0.401. The fourth-order valence-electron chi connectivity index (χ4n) is 1.67. The topological polar surface area (TPSA) is 34.1 Å². The van der Waals surface area contributed by atoms with Gasteiger partial charge < -0.3 is 10.1 Å². The Bertz CT molecular complexity index is 268. The first kappa shape index (κ1) is 8.97. The summed E-state index contributed by atoms with van der Waals surface area (Å²) in [6.45, 7) is 2.26. The van der Waals surface area contributed by atoms with Crippen LogP contribution in [0.3, 0.4) is 0 Å². The van der Waals surface area contributed by atoms with Gasteiger partial charge in [0.2, 0.25) is 5.88 Å². The average Bonchev–Trinajstić information content (AvgIpc) is 2.67. The van der Waals surface area contributed by atoms with Crippen LogP contribution in [0.1, 0.15) is 23.6 Å². The zero-order valence-corrected chi connectivity index (χ0v) is 8.56. The third kappa shape index (κ3) is 2.00. The Morgan fingerprint density at radius 1 is 1.54 bits per heavy atom. The summed E-state index contributed by atoms with van der Waals surface area (Å²) in [6.07, 6.45) is 2.46. The second-order valence-electron chi connectivity index (χ2n) is 3.30. The Labute approximate surface area is 82.3 Å². The molecule has 1 aromatic rings. The molecule has 3 nitrogen and oxygen atoms in total. The van der Waals surface area contributed by atoms with Gasteiger partial charge >= 0.3 is 0 Å². The summed E-state index contributed by atoms with van der Waals surface area (Å²) in [5, 5.41) is 3.36. The smallest absolute Gasteiger partial charge is 0.225 e. The number of ether oxygens (including phenoxy) is 1. The molecule has 0 unspecified atom stereocenters. The molecule has 0 atom stereocenters. The average molecular weight is 198 g/mol. The fourth-order valence-corrected chi connectivity index (χ4v) is 2.53. The van der Waals surface area contributed by atoms with Gasteiger partial charge in [0.1, 0.15) is 0 Å². The van der Waals surface area contributed by atoms with Crippen molar-refractivity contribution in [2.24, 2.45) is 0 Å². The standard InChI is InChI=1S/C9H14N2OS/c1-12-9-6-8(13-11-9)7-2-4-10-5-3-7/h6-7,10H,2-5H2,1H3. The predicted molar refractivity (Wildman–Crippen MR) is 53.5 cm³/mol. The molecule has 1 aliphatic heterocycles. The van der Waals surface area contributed by atoms with Crippen LogP contribution in [0.2, 0.25) is 0 Å². The van der Waals surface area contributed by atoms with Gasteiger partial charge in [-0.25, -0.2) is 0 Å². The van der Waals surface area contributed by atoms with Gasteiger partial charge in [0, 0.05) is 10.9 Å². The Morgan fingerprint density at radius 3 is 2.92 bits per heavy atom. The molecule has 2 rings (SSSR count). The Balaban J connectivity index is 2.05. The van der Waals surface area contributed by atoms with Crippen LogP contribution in [0.25, 0.3) is 0 Å². The largest absolute Gasteiger partial charge is 0.480 e. The number of hydrogen-bond acceptors (Lipinski definition) is 4. The summed E-state index contributed by atoms with van der Waals surface area (Å²) in [5.41, 5.74) is 0. The number of nitrogens with one attached hydrogen (secondary N) is 1. The first-order valence-corrected chi connectivity index (χ1v) is 5.39. The van der Waals surface area contributed by atoms with Crippen molar-refractivity contribution in [1.82, 2.24) is 9.69 Å². The molecule has 2 heterocycles. The van der Waals surface area contributed by atoms with Gasteiger partial charge in [-0.15, -0.1) is 0 Å². The molecule has 1 aromatic heterocycles. The van der Waals surface area contributed by atoms with E-state index in [2.05, 4.69) is 15.8 Å². The van der Waals surface area contributed by atoms with E-state index in [4.69, 9.17) is 4.74 Å². The number of aromatic nitrogens is 1. The molecule has 72 valence electrons. The van der Waals surface area contributed by atoms with Crippen molar-refractivity contribution in [3.8, 4) is 5.88 Å². The summed E-state index contributed by atoms with van der Waals surface area (Å²) in [5.74, 6) is 1.46. The van der Waals surface area contributed by atoms with Crippen LogP contribution in [0.15, 0.2) is 6.07 Å². The summed E-state index contributed by atoms with van der Waals surface area (Å²) < 4.78 is 9.28. The van der Waals surface area contributed by atoms with Crippen molar-refractivity contribution >= 4 is 11.5 Å². The molecule has 0 spiro atoms. The Morgan fingerprint density at radius 2 is 2.31 bits per heavy atom. The van der Waals surface area contributed by atoms with E-state index in [1.165, 1.54) is 17.7 Å². The molecular formula is C9H14N2OS. The summed E-state index contributed by atoms with van der Waals surface area (Å²) in [4.78, 5) is 1.37. The minimum absolute atomic E-state index is 0.697. The maximum atomic E-state index is 5.07. The van der Waals surface area contributed by atoms with Gasteiger partial charge in [0.05, 0.1) is 7.11 Å². The predicted octanol–water partition coefficient (Wildman–Crippen LogP) is 1.62. The van der Waals surface area contributed by atoms with Gasteiger partial charge in [-0.3, -0.25) is 0 Å². The van der Waals surface area contributed by atoms with Crippen LogP contribution in [0.5, 0.6) is 5.88 Å². The number of nitrogens with zero attached hydrogens (tertiary/aromatic N) is 1. The molecule has 0 aliphatic carbocycles. The summed E-state index contributed by atoms with van der Waals surface area (Å²) >= 11 is 1.58. The van der Waals surface area contributed by atoms with Gasteiger partial charge in [-0.05, 0) is 43.4 Å². The molecule has 1 aliphatic rings. The monoisotopic (exact) mass is 198 g/mol. The van der Waals surface area contributed by atoms with Gasteiger partial charge in [0.15, 0.2) is 0 Å². The van der Waals surface area contributed by atoms with E-state index in [0.29, 0.717) is 5.92 Å². The first-order chi connectivity index (χ1) is 6.40. The van der Waals surface area contributed by atoms with Crippen LogP contribution in [0.4, 0.5) is 0 Å². The normalized spacial score (nSPS) is 18.8. The highest BCUT2D eigenvalue weighted by molar-refractivity contribution is 7.06. The molecule has 1 N–H and O–H groups in total. The zero-order valence-electron chi connectivity index (χ0n) is 7.75. The molecule has 0 bridgehead atoms. The lowest BCUT2D eigenvalue weighted by Gasteiger charge is -2.20. The van der Waals surface area contributed by atoms with E-state index in [9.17, 15) is 0 Å². The molecule has 0 saturated carbocycles. The maximum absolute atomic E-state index is 5.07. The minimum atomic E-state index is 0.697. The lowest BCUT2D eigenvalue weighted by atomic mass is 9.97. The van der Waals surface area contributed by atoms with Crippen LogP contribution in [-0.2, 0) is 0 Å². The highest BCUT2D eigenvalue weighted by atomic mass is 32.1. The van der Waals surface area contributed by atoms with Crippen molar-refractivity contribution in [2.45, 2.75) is 18.8 Å². The number of rotatable bonds is 2. The Kier molecular flexibility index (Phi) is 2.80. The van der Waals surface area contributed by atoms with E-state index in [1.807, 2.05) is 0 Å². The van der Waals surface area contributed by atoms with Crippen LogP contribution < -0.4 is 10.1 Å². The van der Waals surface area contributed by atoms with E-state index in [1.54, 1.807) is 18.6 Å². The summed E-state index contributed by atoms with van der Waals surface area (Å²) in [7, 11) is 1.67. The highest BCUT2D eigenvalue weighted by Crippen LogP contribution is 2.30. The van der Waals surface area contributed by atoms with E-state index >= 15 is 0 Å². The second-order valence-corrected chi connectivity index (χ2v) is 4.13. The maximum Gasteiger partial charge on any atom is 0.225 e. The SMILES string of the molecule is COc1cc(C2CCNCC2)sn1. The van der Waals surface area contributed by atoms with Crippen LogP contribution in [0, 0.1) is 0 Å². The van der Waals surface area contributed by atoms with Crippen molar-refractivity contribution in [1.29, 1.82) is 0 Å². The number of methoxy groups -OCH3 is 1. The van der Waals surface area contributed by atoms with Crippen molar-refractivity contribution in [2.75, 3.05) is 20.2 Å². The number of piperidine rings is 1. The Hall–Kier alpha value is -0.610. The molecule has 4 heteroatoms. The van der Waals surface area contributed by atoms with Crippen molar-refractivity contribution < 1.29 is 4.74 Å². The van der Waals surface area contributed by atoms with Crippen LogP contribution in [-0.4, -0.2) is 24.6 Å². The molecule has 0 radical (unpaired) electrons. The van der Waals surface area contributed by atoms with Gasteiger partial charge in [-0.2, -0.15) is 4.37 Å². The molecular weight excluding hydrogens is 184 g/mol. The quantitative estimate of drug-likeness (QED) is 0.784. The van der Waals surface area contributed by atoms with Gasteiger partial charge in [0.25, 0.3) is 0 Å². The molecule has 13 heavy (non-hydrogen) atoms. The van der Waals surface area contributed by atoms with Crippen molar-refractivity contribution in [3.05, 3.63) is 10.9 Å². The van der Waals surface area contributed by atoms with E-state index in [0.717, 1.165) is 19.0 Å². The molecule has 0 aromatic carbocycles. The van der Waals surface area contributed by atoms with E-state index in [-0.39, 0.29) is 0 Å². The second kappa shape index (κ2) is 4.07.